The number of hydrogen-bond donors (Lipinski definition) is 1. The second-order valence-electron chi connectivity index (χ2n) is 3.69. The maximum absolute atomic E-state index is 11.4. The number of ether oxygens (including phenoxy) is 1. The van der Waals surface area contributed by atoms with Crippen molar-refractivity contribution in [1.29, 1.82) is 0 Å². The van der Waals surface area contributed by atoms with Gasteiger partial charge in [0.25, 0.3) is 0 Å². The summed E-state index contributed by atoms with van der Waals surface area (Å²) >= 11 is 0. The van der Waals surface area contributed by atoms with Crippen LogP contribution in [-0.4, -0.2) is 42.6 Å². The van der Waals surface area contributed by atoms with Crippen LogP contribution in [0.2, 0.25) is 0 Å². The molecule has 1 aliphatic heterocycles. The molecule has 0 bridgehead atoms. The molecule has 1 saturated heterocycles. The highest BCUT2D eigenvalue weighted by Gasteiger charge is 2.23. The van der Waals surface area contributed by atoms with E-state index in [1.807, 2.05) is 0 Å². The molecular weight excluding hydrogens is 208 g/mol. The Morgan fingerprint density at radius 1 is 1.62 bits per heavy atom. The summed E-state index contributed by atoms with van der Waals surface area (Å²) in [5.74, 6) is -0.0876. The summed E-state index contributed by atoms with van der Waals surface area (Å²) in [4.78, 5) is 24.3. The highest BCUT2D eigenvalue weighted by atomic mass is 16.5. The van der Waals surface area contributed by atoms with Gasteiger partial charge in [-0.3, -0.25) is 4.79 Å². The van der Waals surface area contributed by atoms with Gasteiger partial charge in [0, 0.05) is 19.1 Å². The van der Waals surface area contributed by atoms with Gasteiger partial charge < -0.3 is 15.0 Å². The molecule has 2 amide bonds. The van der Waals surface area contributed by atoms with E-state index in [4.69, 9.17) is 4.74 Å². The fourth-order valence-corrected chi connectivity index (χ4v) is 1.76. The van der Waals surface area contributed by atoms with E-state index in [-0.39, 0.29) is 11.9 Å². The molecule has 0 aliphatic carbocycles. The number of amides is 2. The fourth-order valence-electron chi connectivity index (χ4n) is 1.76. The molecular formula is C11H18N2O3. The zero-order valence-electron chi connectivity index (χ0n) is 9.57. The zero-order valence-corrected chi connectivity index (χ0v) is 9.57. The van der Waals surface area contributed by atoms with Crippen LogP contribution in [0.15, 0.2) is 12.7 Å². The quantitative estimate of drug-likeness (QED) is 0.728. The molecule has 1 fully saturated rings. The van der Waals surface area contributed by atoms with Gasteiger partial charge in [0.1, 0.15) is 0 Å². The lowest BCUT2D eigenvalue weighted by atomic mass is 10.1. The van der Waals surface area contributed by atoms with E-state index in [0.29, 0.717) is 13.2 Å². The van der Waals surface area contributed by atoms with Crippen LogP contribution in [0.4, 0.5) is 4.79 Å². The molecule has 0 aromatic heterocycles. The lowest BCUT2D eigenvalue weighted by Gasteiger charge is -2.32. The van der Waals surface area contributed by atoms with Crippen molar-refractivity contribution in [3.63, 3.8) is 0 Å². The summed E-state index contributed by atoms with van der Waals surface area (Å²) < 4.78 is 4.79. The Balaban J connectivity index is 2.41. The van der Waals surface area contributed by atoms with Crippen molar-refractivity contribution in [1.82, 2.24) is 10.2 Å². The van der Waals surface area contributed by atoms with Gasteiger partial charge in [0.15, 0.2) is 0 Å². The lowest BCUT2D eigenvalue weighted by molar-refractivity contribution is -0.127. The molecule has 0 aromatic carbocycles. The van der Waals surface area contributed by atoms with Crippen LogP contribution in [0.25, 0.3) is 0 Å². The molecule has 0 spiro atoms. The van der Waals surface area contributed by atoms with E-state index in [0.717, 1.165) is 19.4 Å². The van der Waals surface area contributed by atoms with Crippen LogP contribution in [0, 0.1) is 0 Å². The van der Waals surface area contributed by atoms with E-state index in [1.54, 1.807) is 11.8 Å². The third-order valence-electron chi connectivity index (χ3n) is 2.51. The average Bonchev–Trinajstić information content (AvgIpc) is 2.28. The molecule has 1 unspecified atom stereocenters. The zero-order chi connectivity index (χ0) is 12.0. The van der Waals surface area contributed by atoms with Crippen LogP contribution < -0.4 is 5.32 Å². The molecule has 0 radical (unpaired) electrons. The lowest BCUT2D eigenvalue weighted by Crippen LogP contribution is -2.49. The molecule has 0 saturated carbocycles. The van der Waals surface area contributed by atoms with Gasteiger partial charge in [-0.1, -0.05) is 6.58 Å². The topological polar surface area (TPSA) is 58.6 Å². The Morgan fingerprint density at radius 3 is 3.00 bits per heavy atom. The van der Waals surface area contributed by atoms with Crippen molar-refractivity contribution < 1.29 is 14.3 Å². The van der Waals surface area contributed by atoms with Gasteiger partial charge in [0.2, 0.25) is 5.91 Å². The minimum Gasteiger partial charge on any atom is -0.450 e. The summed E-state index contributed by atoms with van der Waals surface area (Å²) in [5.41, 5.74) is 0. The normalized spacial score (nSPS) is 20.1. The number of nitrogens with zero attached hydrogens (tertiary/aromatic N) is 1. The van der Waals surface area contributed by atoms with Crippen molar-refractivity contribution in [3.05, 3.63) is 12.7 Å². The fraction of sp³-hybridized carbons (Fsp3) is 0.636. The van der Waals surface area contributed by atoms with Crippen molar-refractivity contribution in [2.45, 2.75) is 25.8 Å². The van der Waals surface area contributed by atoms with E-state index < -0.39 is 6.09 Å². The van der Waals surface area contributed by atoms with Crippen molar-refractivity contribution >= 4 is 12.0 Å². The number of hydrogen-bond acceptors (Lipinski definition) is 3. The molecule has 1 heterocycles. The molecule has 1 N–H and O–H groups in total. The summed E-state index contributed by atoms with van der Waals surface area (Å²) in [6, 6.07) is -0.0169. The third kappa shape index (κ3) is 3.56. The largest absolute Gasteiger partial charge is 0.450 e. The Labute approximate surface area is 95.4 Å². The van der Waals surface area contributed by atoms with E-state index in [2.05, 4.69) is 11.9 Å². The van der Waals surface area contributed by atoms with E-state index in [1.165, 1.54) is 6.08 Å². The number of alkyl carbamates (subject to hydrolysis) is 1. The predicted octanol–water partition coefficient (Wildman–Crippen LogP) is 0.909. The summed E-state index contributed by atoms with van der Waals surface area (Å²) in [5, 5.41) is 2.74. The Hall–Kier alpha value is -1.52. The number of nitrogens with one attached hydrogen (secondary N) is 1. The molecule has 1 rings (SSSR count). The second kappa shape index (κ2) is 6.15. The molecule has 90 valence electrons. The van der Waals surface area contributed by atoms with Gasteiger partial charge in [0.05, 0.1) is 6.61 Å². The molecule has 1 aliphatic rings. The molecule has 0 aromatic rings. The SMILES string of the molecule is C=CC(=O)N1CCCC(NC(=O)OCC)C1. The van der Waals surface area contributed by atoms with Gasteiger partial charge in [-0.2, -0.15) is 0 Å². The minimum absolute atomic E-state index is 0.0169. The first-order valence-electron chi connectivity index (χ1n) is 5.52. The molecule has 5 heteroatoms. The van der Waals surface area contributed by atoms with Crippen molar-refractivity contribution in [2.24, 2.45) is 0 Å². The van der Waals surface area contributed by atoms with Gasteiger partial charge in [-0.05, 0) is 25.8 Å². The standard InChI is InChI=1S/C11H18N2O3/c1-3-10(14)13-7-5-6-9(8-13)12-11(15)16-4-2/h3,9H,1,4-8H2,2H3,(H,12,15). The first-order chi connectivity index (χ1) is 7.67. The van der Waals surface area contributed by atoms with E-state index >= 15 is 0 Å². The van der Waals surface area contributed by atoms with Crippen LogP contribution in [-0.2, 0) is 9.53 Å². The summed E-state index contributed by atoms with van der Waals surface area (Å²) in [6.45, 7) is 6.82. The number of piperidine rings is 1. The van der Waals surface area contributed by atoms with Gasteiger partial charge in [-0.15, -0.1) is 0 Å². The van der Waals surface area contributed by atoms with Gasteiger partial charge >= 0.3 is 6.09 Å². The Kier molecular flexibility index (Phi) is 4.82. The first-order valence-corrected chi connectivity index (χ1v) is 5.52. The van der Waals surface area contributed by atoms with Crippen LogP contribution in [0.3, 0.4) is 0 Å². The molecule has 5 nitrogen and oxygen atoms in total. The average molecular weight is 226 g/mol. The molecule has 16 heavy (non-hydrogen) atoms. The number of likely N-dealkylation sites (tertiary alicyclic amines) is 1. The van der Waals surface area contributed by atoms with Crippen LogP contribution in [0.1, 0.15) is 19.8 Å². The predicted molar refractivity (Wildman–Crippen MR) is 60.0 cm³/mol. The number of carbonyl (C=O) groups excluding carboxylic acids is 2. The highest BCUT2D eigenvalue weighted by molar-refractivity contribution is 5.87. The summed E-state index contributed by atoms with van der Waals surface area (Å²) in [6.07, 6.45) is 2.64. The first kappa shape index (κ1) is 12.5. The van der Waals surface area contributed by atoms with Crippen molar-refractivity contribution in [3.8, 4) is 0 Å². The third-order valence-corrected chi connectivity index (χ3v) is 2.51. The number of rotatable bonds is 3. The van der Waals surface area contributed by atoms with Crippen LogP contribution in [0.5, 0.6) is 0 Å². The van der Waals surface area contributed by atoms with Crippen molar-refractivity contribution in [2.75, 3.05) is 19.7 Å². The Morgan fingerprint density at radius 2 is 2.38 bits per heavy atom. The molecule has 1 atom stereocenters. The van der Waals surface area contributed by atoms with Crippen LogP contribution >= 0.6 is 0 Å². The monoisotopic (exact) mass is 226 g/mol. The maximum Gasteiger partial charge on any atom is 0.407 e. The highest BCUT2D eigenvalue weighted by Crippen LogP contribution is 2.10. The second-order valence-corrected chi connectivity index (χ2v) is 3.69. The maximum atomic E-state index is 11.4. The minimum atomic E-state index is -0.416. The Bertz CT molecular complexity index is 278. The smallest absolute Gasteiger partial charge is 0.407 e. The number of carbonyl (C=O) groups is 2. The summed E-state index contributed by atoms with van der Waals surface area (Å²) in [7, 11) is 0. The van der Waals surface area contributed by atoms with Gasteiger partial charge in [-0.25, -0.2) is 4.79 Å². The van der Waals surface area contributed by atoms with E-state index in [9.17, 15) is 9.59 Å².